The summed E-state index contributed by atoms with van der Waals surface area (Å²) in [7, 11) is 0. The molecule has 1 rings (SSSR count). The second kappa shape index (κ2) is 4.67. The fraction of sp³-hybridized carbons (Fsp3) is 0.300. The van der Waals surface area contributed by atoms with E-state index in [1.165, 1.54) is 0 Å². The van der Waals surface area contributed by atoms with Crippen molar-refractivity contribution < 1.29 is 4.79 Å². The molecule has 1 aromatic carbocycles. The molecule has 0 radical (unpaired) electrons. The van der Waals surface area contributed by atoms with E-state index in [1.807, 2.05) is 6.92 Å². The van der Waals surface area contributed by atoms with Gasteiger partial charge >= 0.3 is 0 Å². The van der Waals surface area contributed by atoms with Crippen LogP contribution in [0, 0.1) is 6.92 Å². The number of alkyl halides is 1. The van der Waals surface area contributed by atoms with Crippen LogP contribution in [0.5, 0.6) is 0 Å². The van der Waals surface area contributed by atoms with E-state index in [4.69, 9.17) is 23.2 Å². The topological polar surface area (TPSA) is 29.1 Å². The lowest BCUT2D eigenvalue weighted by molar-refractivity contribution is -0.115. The van der Waals surface area contributed by atoms with Crippen molar-refractivity contribution in [2.75, 3.05) is 5.32 Å². The molecule has 0 fully saturated rings. The largest absolute Gasteiger partial charge is 0.325 e. The molecule has 1 atom stereocenters. The third-order valence-corrected chi connectivity index (χ3v) is 2.24. The Kier molecular flexibility index (Phi) is 3.78. The van der Waals surface area contributed by atoms with E-state index >= 15 is 0 Å². The number of anilines is 1. The van der Waals surface area contributed by atoms with Gasteiger partial charge in [-0.25, -0.2) is 0 Å². The normalized spacial score (nSPS) is 12.3. The highest BCUT2D eigenvalue weighted by molar-refractivity contribution is 6.32. The number of hydrogen-bond donors (Lipinski definition) is 1. The molecule has 0 saturated carbocycles. The van der Waals surface area contributed by atoms with Crippen molar-refractivity contribution in [3.63, 3.8) is 0 Å². The molecule has 14 heavy (non-hydrogen) atoms. The fourth-order valence-corrected chi connectivity index (χ4v) is 1.28. The van der Waals surface area contributed by atoms with Crippen LogP contribution < -0.4 is 5.32 Å². The Balaban J connectivity index is 2.82. The van der Waals surface area contributed by atoms with Crippen LogP contribution in [-0.2, 0) is 4.79 Å². The Bertz CT molecular complexity index is 350. The zero-order valence-corrected chi connectivity index (χ0v) is 9.49. The second-order valence-corrected chi connectivity index (χ2v) is 4.16. The number of hydrogen-bond acceptors (Lipinski definition) is 1. The average Bonchev–Trinajstić information content (AvgIpc) is 2.09. The molecule has 1 amide bonds. The van der Waals surface area contributed by atoms with Crippen LogP contribution in [0.25, 0.3) is 0 Å². The minimum Gasteiger partial charge on any atom is -0.325 e. The van der Waals surface area contributed by atoms with Gasteiger partial charge in [-0.15, -0.1) is 11.6 Å². The summed E-state index contributed by atoms with van der Waals surface area (Å²) in [6, 6.07) is 5.27. The first-order valence-corrected chi connectivity index (χ1v) is 5.03. The second-order valence-electron chi connectivity index (χ2n) is 3.06. The summed E-state index contributed by atoms with van der Waals surface area (Å²) < 4.78 is 0. The molecule has 76 valence electrons. The van der Waals surface area contributed by atoms with E-state index in [-0.39, 0.29) is 5.91 Å². The van der Waals surface area contributed by atoms with Gasteiger partial charge in [-0.3, -0.25) is 4.79 Å². The Labute approximate surface area is 93.2 Å². The van der Waals surface area contributed by atoms with Gasteiger partial charge in [0, 0.05) is 10.7 Å². The predicted octanol–water partition coefficient (Wildman–Crippen LogP) is 3.21. The lowest BCUT2D eigenvalue weighted by Crippen LogP contribution is -2.20. The summed E-state index contributed by atoms with van der Waals surface area (Å²) in [5.74, 6) is -0.211. The number of aryl methyl sites for hydroxylation is 1. The standard InChI is InChI=1S/C10H11Cl2NO/c1-6-5-8(12)3-4-9(6)13-10(14)7(2)11/h3-5,7H,1-2H3,(H,13,14). The molecule has 4 heteroatoms. The number of amides is 1. The van der Waals surface area contributed by atoms with E-state index in [0.29, 0.717) is 5.02 Å². The van der Waals surface area contributed by atoms with E-state index in [0.717, 1.165) is 11.3 Å². The SMILES string of the molecule is Cc1cc(Cl)ccc1NC(=O)C(C)Cl. The summed E-state index contributed by atoms with van der Waals surface area (Å²) >= 11 is 11.4. The smallest absolute Gasteiger partial charge is 0.242 e. The summed E-state index contributed by atoms with van der Waals surface area (Å²) in [5, 5.41) is 2.82. The van der Waals surface area contributed by atoms with Crippen molar-refractivity contribution in [1.82, 2.24) is 0 Å². The van der Waals surface area contributed by atoms with E-state index < -0.39 is 5.38 Å². The number of rotatable bonds is 2. The van der Waals surface area contributed by atoms with Crippen molar-refractivity contribution >= 4 is 34.8 Å². The zero-order valence-electron chi connectivity index (χ0n) is 7.97. The van der Waals surface area contributed by atoms with Crippen molar-refractivity contribution in [3.8, 4) is 0 Å². The summed E-state index contributed by atoms with van der Waals surface area (Å²) in [6.07, 6.45) is 0. The molecule has 0 aromatic heterocycles. The minimum atomic E-state index is -0.537. The lowest BCUT2D eigenvalue weighted by atomic mass is 10.2. The molecular weight excluding hydrogens is 221 g/mol. The Hall–Kier alpha value is -0.730. The minimum absolute atomic E-state index is 0.211. The van der Waals surface area contributed by atoms with E-state index in [9.17, 15) is 4.79 Å². The van der Waals surface area contributed by atoms with Crippen LogP contribution >= 0.6 is 23.2 Å². The summed E-state index contributed by atoms with van der Waals surface area (Å²) in [4.78, 5) is 11.3. The van der Waals surface area contributed by atoms with Gasteiger partial charge in [-0.05, 0) is 37.6 Å². The van der Waals surface area contributed by atoms with Crippen molar-refractivity contribution in [1.29, 1.82) is 0 Å². The van der Waals surface area contributed by atoms with Gasteiger partial charge in [-0.2, -0.15) is 0 Å². The number of nitrogens with one attached hydrogen (secondary N) is 1. The van der Waals surface area contributed by atoms with Crippen LogP contribution in [0.4, 0.5) is 5.69 Å². The van der Waals surface area contributed by atoms with Gasteiger partial charge in [-0.1, -0.05) is 11.6 Å². The Morgan fingerprint density at radius 1 is 1.50 bits per heavy atom. The monoisotopic (exact) mass is 231 g/mol. The van der Waals surface area contributed by atoms with Gasteiger partial charge in [0.25, 0.3) is 0 Å². The third kappa shape index (κ3) is 2.89. The zero-order chi connectivity index (χ0) is 10.7. The maximum Gasteiger partial charge on any atom is 0.242 e. The molecule has 0 aliphatic heterocycles. The highest BCUT2D eigenvalue weighted by Gasteiger charge is 2.10. The maximum atomic E-state index is 11.3. The molecule has 1 unspecified atom stereocenters. The number of carbonyl (C=O) groups is 1. The van der Waals surface area contributed by atoms with Crippen molar-refractivity contribution in [3.05, 3.63) is 28.8 Å². The Morgan fingerprint density at radius 3 is 2.64 bits per heavy atom. The highest BCUT2D eigenvalue weighted by atomic mass is 35.5. The number of halogens is 2. The lowest BCUT2D eigenvalue weighted by Gasteiger charge is -2.09. The average molecular weight is 232 g/mol. The molecule has 0 saturated heterocycles. The third-order valence-electron chi connectivity index (χ3n) is 1.81. The molecule has 1 N–H and O–H groups in total. The molecule has 0 spiro atoms. The van der Waals surface area contributed by atoms with Crippen LogP contribution in [0.3, 0.4) is 0 Å². The molecule has 2 nitrogen and oxygen atoms in total. The van der Waals surface area contributed by atoms with Gasteiger partial charge in [0.05, 0.1) is 0 Å². The van der Waals surface area contributed by atoms with E-state index in [1.54, 1.807) is 25.1 Å². The first-order valence-electron chi connectivity index (χ1n) is 4.22. The highest BCUT2D eigenvalue weighted by Crippen LogP contribution is 2.19. The van der Waals surface area contributed by atoms with Crippen LogP contribution in [0.15, 0.2) is 18.2 Å². The first-order chi connectivity index (χ1) is 6.50. The first kappa shape index (κ1) is 11.3. The quantitative estimate of drug-likeness (QED) is 0.779. The van der Waals surface area contributed by atoms with Crippen LogP contribution in [0.1, 0.15) is 12.5 Å². The van der Waals surface area contributed by atoms with Gasteiger partial charge in [0.1, 0.15) is 5.38 Å². The maximum absolute atomic E-state index is 11.3. The van der Waals surface area contributed by atoms with Crippen LogP contribution in [-0.4, -0.2) is 11.3 Å². The van der Waals surface area contributed by atoms with Gasteiger partial charge < -0.3 is 5.32 Å². The van der Waals surface area contributed by atoms with Gasteiger partial charge in [0.15, 0.2) is 0 Å². The molecule has 0 aliphatic rings. The Morgan fingerprint density at radius 2 is 2.14 bits per heavy atom. The number of benzene rings is 1. The summed E-state index contributed by atoms with van der Waals surface area (Å²) in [5.41, 5.74) is 1.66. The van der Waals surface area contributed by atoms with Crippen molar-refractivity contribution in [2.45, 2.75) is 19.2 Å². The molecule has 0 aliphatic carbocycles. The van der Waals surface area contributed by atoms with Crippen LogP contribution in [0.2, 0.25) is 5.02 Å². The molecule has 0 bridgehead atoms. The molecule has 0 heterocycles. The molecule has 1 aromatic rings. The summed E-state index contributed by atoms with van der Waals surface area (Å²) in [6.45, 7) is 3.50. The van der Waals surface area contributed by atoms with E-state index in [2.05, 4.69) is 5.32 Å². The van der Waals surface area contributed by atoms with Crippen molar-refractivity contribution in [2.24, 2.45) is 0 Å². The number of carbonyl (C=O) groups excluding carboxylic acids is 1. The predicted molar refractivity (Wildman–Crippen MR) is 60.1 cm³/mol. The molecular formula is C10H11Cl2NO. The van der Waals surface area contributed by atoms with Gasteiger partial charge in [0.2, 0.25) is 5.91 Å². The fourth-order valence-electron chi connectivity index (χ4n) is 1.000.